The molecular weight excluding hydrogens is 399 g/mol. The number of hydrogen-bond acceptors (Lipinski definition) is 7. The maximum atomic E-state index is 14.3. The summed E-state index contributed by atoms with van der Waals surface area (Å²) in [6, 6.07) is 6.02. The molecule has 0 saturated carbocycles. The van der Waals surface area contributed by atoms with E-state index in [-0.39, 0.29) is 24.6 Å². The molecule has 0 unspecified atom stereocenters. The summed E-state index contributed by atoms with van der Waals surface area (Å²) in [4.78, 5) is 24.6. The molecule has 8 nitrogen and oxygen atoms in total. The van der Waals surface area contributed by atoms with E-state index >= 15 is 0 Å². The van der Waals surface area contributed by atoms with E-state index in [1.807, 2.05) is 12.1 Å². The number of rotatable bonds is 6. The van der Waals surface area contributed by atoms with Crippen molar-refractivity contribution in [3.63, 3.8) is 0 Å². The van der Waals surface area contributed by atoms with E-state index in [0.29, 0.717) is 0 Å². The molecule has 1 aliphatic carbocycles. The van der Waals surface area contributed by atoms with Gasteiger partial charge in [-0.3, -0.25) is 0 Å². The lowest BCUT2D eigenvalue weighted by atomic mass is 9.97. The Hall–Kier alpha value is -3.20. The molecule has 2 heterocycles. The van der Waals surface area contributed by atoms with Gasteiger partial charge in [0.1, 0.15) is 5.54 Å². The van der Waals surface area contributed by atoms with Crippen LogP contribution >= 0.6 is 0 Å². The van der Waals surface area contributed by atoms with Gasteiger partial charge >= 0.3 is 5.97 Å². The van der Waals surface area contributed by atoms with Gasteiger partial charge in [0.25, 0.3) is 0 Å². The zero-order chi connectivity index (χ0) is 22.0. The molecule has 0 amide bonds. The van der Waals surface area contributed by atoms with Crippen LogP contribution in [0.5, 0.6) is 0 Å². The van der Waals surface area contributed by atoms with Crippen LogP contribution in [0.1, 0.15) is 18.4 Å². The highest BCUT2D eigenvalue weighted by atomic mass is 19.1. The predicted octanol–water partition coefficient (Wildman–Crippen LogP) is 3.00. The Bertz CT molecular complexity index is 995. The highest BCUT2D eigenvalue weighted by Crippen LogP contribution is 2.30. The van der Waals surface area contributed by atoms with Crippen LogP contribution in [0, 0.1) is 12.7 Å². The van der Waals surface area contributed by atoms with Crippen LogP contribution in [-0.4, -0.2) is 64.7 Å². The number of nitrogens with zero attached hydrogens (tertiary/aromatic N) is 4. The smallest absolute Gasteiger partial charge is 0.330 e. The minimum absolute atomic E-state index is 0.130. The van der Waals surface area contributed by atoms with E-state index in [4.69, 9.17) is 0 Å². The number of anilines is 4. The van der Waals surface area contributed by atoms with Gasteiger partial charge in [0.2, 0.25) is 5.95 Å². The van der Waals surface area contributed by atoms with Crippen LogP contribution < -0.4 is 15.5 Å². The lowest BCUT2D eigenvalue weighted by molar-refractivity contribution is -0.141. The molecule has 0 atom stereocenters. The van der Waals surface area contributed by atoms with Gasteiger partial charge in [-0.15, -0.1) is 0 Å². The monoisotopic (exact) mass is 426 g/mol. The van der Waals surface area contributed by atoms with Gasteiger partial charge in [-0.1, -0.05) is 12.2 Å². The molecule has 164 valence electrons. The average molecular weight is 426 g/mol. The number of benzene rings is 1. The van der Waals surface area contributed by atoms with Gasteiger partial charge in [-0.2, -0.15) is 4.98 Å². The number of nitrogens with one attached hydrogen (secondary N) is 2. The third-order valence-corrected chi connectivity index (χ3v) is 5.91. The fourth-order valence-electron chi connectivity index (χ4n) is 3.99. The zero-order valence-corrected chi connectivity index (χ0v) is 17.7. The fraction of sp³-hybridized carbons (Fsp3) is 0.409. The van der Waals surface area contributed by atoms with Gasteiger partial charge in [0.05, 0.1) is 6.20 Å². The van der Waals surface area contributed by atoms with Crippen LogP contribution in [0.25, 0.3) is 0 Å². The molecule has 0 radical (unpaired) electrons. The minimum Gasteiger partial charge on any atom is -0.479 e. The van der Waals surface area contributed by atoms with Crippen molar-refractivity contribution >= 4 is 29.1 Å². The lowest BCUT2D eigenvalue weighted by Gasteiger charge is -2.35. The number of aliphatic carboxylic acids is 1. The summed E-state index contributed by atoms with van der Waals surface area (Å²) >= 11 is 0. The number of likely N-dealkylation sites (N-methyl/N-ethyl adjacent to an activating group) is 1. The maximum absolute atomic E-state index is 14.3. The molecule has 0 bridgehead atoms. The van der Waals surface area contributed by atoms with E-state index in [9.17, 15) is 14.3 Å². The summed E-state index contributed by atoms with van der Waals surface area (Å²) in [6.45, 7) is 6.10. The van der Waals surface area contributed by atoms with Crippen molar-refractivity contribution in [2.24, 2.45) is 0 Å². The van der Waals surface area contributed by atoms with Crippen LogP contribution in [-0.2, 0) is 4.79 Å². The summed E-state index contributed by atoms with van der Waals surface area (Å²) in [5.74, 6) is -1.67. The largest absolute Gasteiger partial charge is 0.479 e. The first-order chi connectivity index (χ1) is 14.9. The van der Waals surface area contributed by atoms with E-state index in [0.717, 1.165) is 43.6 Å². The average Bonchev–Trinajstić information content (AvgIpc) is 3.22. The van der Waals surface area contributed by atoms with Gasteiger partial charge in [-0.05, 0) is 50.6 Å². The first kappa shape index (κ1) is 21.0. The van der Waals surface area contributed by atoms with Gasteiger partial charge < -0.3 is 25.5 Å². The van der Waals surface area contributed by atoms with E-state index < -0.39 is 17.3 Å². The molecule has 9 heteroatoms. The second kappa shape index (κ2) is 8.50. The number of aryl methyl sites for hydroxylation is 1. The molecule has 3 N–H and O–H groups in total. The third kappa shape index (κ3) is 4.46. The van der Waals surface area contributed by atoms with Gasteiger partial charge in [0.15, 0.2) is 11.6 Å². The Morgan fingerprint density at radius 2 is 1.90 bits per heavy atom. The number of carboxylic acid groups (broad SMARTS) is 1. The maximum Gasteiger partial charge on any atom is 0.330 e. The van der Waals surface area contributed by atoms with Crippen LogP contribution in [0.2, 0.25) is 0 Å². The van der Waals surface area contributed by atoms with Crippen molar-refractivity contribution in [2.75, 3.05) is 48.8 Å². The second-order valence-electron chi connectivity index (χ2n) is 8.20. The van der Waals surface area contributed by atoms with E-state index in [2.05, 4.69) is 50.4 Å². The van der Waals surface area contributed by atoms with Crippen molar-refractivity contribution in [3.8, 4) is 0 Å². The normalized spacial score (nSPS) is 18.2. The number of carboxylic acids is 1. The second-order valence-corrected chi connectivity index (χ2v) is 8.20. The number of piperazine rings is 1. The summed E-state index contributed by atoms with van der Waals surface area (Å²) in [5.41, 5.74) is 1.81. The van der Waals surface area contributed by atoms with Crippen LogP contribution in [0.15, 0.2) is 36.5 Å². The summed E-state index contributed by atoms with van der Waals surface area (Å²) < 4.78 is 14.3. The SMILES string of the molecule is Cc1cc(Nc2ncc(F)c(NC3(C(=O)O)CC=CC3)n2)ccc1N1CCN(C)CC1. The van der Waals surface area contributed by atoms with E-state index in [1.54, 1.807) is 12.2 Å². The van der Waals surface area contributed by atoms with Crippen molar-refractivity contribution in [2.45, 2.75) is 25.3 Å². The van der Waals surface area contributed by atoms with Gasteiger partial charge in [-0.25, -0.2) is 14.2 Å². The first-order valence-electron chi connectivity index (χ1n) is 10.4. The van der Waals surface area contributed by atoms with Gasteiger partial charge in [0, 0.05) is 37.6 Å². The van der Waals surface area contributed by atoms with Crippen molar-refractivity contribution in [1.29, 1.82) is 0 Å². The number of carbonyl (C=O) groups is 1. The van der Waals surface area contributed by atoms with Crippen molar-refractivity contribution in [3.05, 3.63) is 47.9 Å². The molecule has 2 aliphatic rings. The van der Waals surface area contributed by atoms with Crippen molar-refractivity contribution in [1.82, 2.24) is 14.9 Å². The highest BCUT2D eigenvalue weighted by Gasteiger charge is 2.40. The quantitative estimate of drug-likeness (QED) is 0.607. The molecule has 1 fully saturated rings. The topological polar surface area (TPSA) is 93.6 Å². The van der Waals surface area contributed by atoms with Crippen LogP contribution in [0.4, 0.5) is 27.5 Å². The Morgan fingerprint density at radius 3 is 2.55 bits per heavy atom. The van der Waals surface area contributed by atoms with Crippen molar-refractivity contribution < 1.29 is 14.3 Å². The molecule has 0 spiro atoms. The third-order valence-electron chi connectivity index (χ3n) is 5.91. The molecule has 1 saturated heterocycles. The first-order valence-corrected chi connectivity index (χ1v) is 10.4. The Kier molecular flexibility index (Phi) is 5.77. The number of hydrogen-bond donors (Lipinski definition) is 3. The number of halogens is 1. The molecule has 4 rings (SSSR count). The standard InChI is InChI=1S/C22H27FN6O2/c1-15-13-16(5-6-18(15)29-11-9-28(2)10-12-29)25-21-24-14-17(23)19(26-21)27-22(20(30)31)7-3-4-8-22/h3-6,13-14H,7-12H2,1-2H3,(H,30,31)(H2,24,25,26,27). The summed E-state index contributed by atoms with van der Waals surface area (Å²) in [6.07, 6.45) is 5.11. The van der Waals surface area contributed by atoms with E-state index in [1.165, 1.54) is 5.69 Å². The fourth-order valence-corrected chi connectivity index (χ4v) is 3.99. The molecular formula is C22H27FN6O2. The minimum atomic E-state index is -1.28. The lowest BCUT2D eigenvalue weighted by Crippen LogP contribution is -2.44. The summed E-state index contributed by atoms with van der Waals surface area (Å²) in [7, 11) is 2.13. The Labute approximate surface area is 180 Å². The highest BCUT2D eigenvalue weighted by molar-refractivity contribution is 5.84. The number of aromatic nitrogens is 2. The molecule has 1 aromatic carbocycles. The molecule has 1 aliphatic heterocycles. The summed E-state index contributed by atoms with van der Waals surface area (Å²) in [5, 5.41) is 15.5. The Balaban J connectivity index is 1.50. The predicted molar refractivity (Wildman–Crippen MR) is 119 cm³/mol. The Morgan fingerprint density at radius 1 is 1.19 bits per heavy atom. The van der Waals surface area contributed by atoms with Crippen LogP contribution in [0.3, 0.4) is 0 Å². The molecule has 1 aromatic heterocycles. The molecule has 2 aromatic rings. The molecule has 31 heavy (non-hydrogen) atoms. The zero-order valence-electron chi connectivity index (χ0n) is 17.7.